The van der Waals surface area contributed by atoms with Gasteiger partial charge in [0.2, 0.25) is 0 Å². The van der Waals surface area contributed by atoms with Crippen molar-refractivity contribution in [3.63, 3.8) is 0 Å². The van der Waals surface area contributed by atoms with Gasteiger partial charge >= 0.3 is 0 Å². The summed E-state index contributed by atoms with van der Waals surface area (Å²) in [7, 11) is 0. The Kier molecular flexibility index (Phi) is 15.1. The van der Waals surface area contributed by atoms with E-state index in [4.69, 9.17) is 34.8 Å². The van der Waals surface area contributed by atoms with Crippen molar-refractivity contribution in [2.24, 2.45) is 0 Å². The van der Waals surface area contributed by atoms with Crippen LogP contribution < -0.4 is 16.0 Å². The second kappa shape index (κ2) is 20.5. The molecule has 3 aromatic carbocycles. The second-order valence-electron chi connectivity index (χ2n) is 15.3. The van der Waals surface area contributed by atoms with E-state index in [0.29, 0.717) is 47.5 Å². The van der Waals surface area contributed by atoms with Crippen LogP contribution >= 0.6 is 69.4 Å². The molecule has 63 heavy (non-hydrogen) atoms. The van der Waals surface area contributed by atoms with E-state index in [1.807, 2.05) is 0 Å². The molecule has 3 amide bonds. The second-order valence-corrected chi connectivity index (χ2v) is 18.8. The van der Waals surface area contributed by atoms with E-state index in [2.05, 4.69) is 44.7 Å². The lowest BCUT2D eigenvalue weighted by Gasteiger charge is -2.16. The minimum Gasteiger partial charge on any atom is -0.345 e. The quantitative estimate of drug-likeness (QED) is 0.108. The molecule has 3 aliphatic rings. The third kappa shape index (κ3) is 11.4. The van der Waals surface area contributed by atoms with Crippen LogP contribution in [0.15, 0.2) is 54.6 Å². The number of carbonyl (C=O) groups excluding carboxylic acids is 3. The number of aromatic nitrogens is 6. The Hall–Kier alpha value is -4.59. The van der Waals surface area contributed by atoms with Crippen LogP contribution in [0.25, 0.3) is 0 Å². The first kappa shape index (κ1) is 46.4. The highest BCUT2D eigenvalue weighted by Gasteiger charge is 2.35. The van der Waals surface area contributed by atoms with Gasteiger partial charge in [-0.3, -0.25) is 14.4 Å². The van der Waals surface area contributed by atoms with Crippen molar-refractivity contribution in [1.82, 2.24) is 44.7 Å². The minimum absolute atomic E-state index is 0.279. The van der Waals surface area contributed by atoms with Gasteiger partial charge < -0.3 is 16.0 Å². The molecule has 3 heterocycles. The third-order valence-electron chi connectivity index (χ3n) is 10.4. The highest BCUT2D eigenvalue weighted by molar-refractivity contribution is 7.08. The Labute approximate surface area is 387 Å². The lowest BCUT2D eigenvalue weighted by atomic mass is 10.1. The van der Waals surface area contributed by atoms with Gasteiger partial charge in [-0.25, -0.2) is 13.2 Å². The van der Waals surface area contributed by atoms with E-state index >= 15 is 0 Å². The van der Waals surface area contributed by atoms with E-state index in [1.165, 1.54) is 36.4 Å². The van der Waals surface area contributed by atoms with Crippen molar-refractivity contribution in [2.75, 3.05) is 0 Å². The molecule has 1 unspecified atom stereocenters. The number of carbonyl (C=O) groups is 3. The normalized spacial score (nSPS) is 15.8. The number of hydrogen-bond acceptors (Lipinski definition) is 12. The van der Waals surface area contributed by atoms with Crippen molar-refractivity contribution in [3.8, 4) is 0 Å². The summed E-state index contributed by atoms with van der Waals surface area (Å²) in [5, 5.41) is 21.3. The Morgan fingerprint density at radius 3 is 0.984 bits per heavy atom. The summed E-state index contributed by atoms with van der Waals surface area (Å²) in [5.41, 5.74) is 3.13. The van der Waals surface area contributed by atoms with Gasteiger partial charge in [-0.2, -0.15) is 0 Å². The van der Waals surface area contributed by atoms with Crippen molar-refractivity contribution in [2.45, 2.75) is 95.2 Å². The SMILES string of the molecule is CC(NC(=O)c1snnc1C1CC1)c1c(F)cccc1Cl.C[C@@H](NC(=O)c1snnc1C1CC1)c1c(F)cccc1Cl.C[C@H](NC(=O)c1snnc1C1CC1)c1c(F)cccc1Cl. The summed E-state index contributed by atoms with van der Waals surface area (Å²) in [4.78, 5) is 38.5. The summed E-state index contributed by atoms with van der Waals surface area (Å²) in [6.45, 7) is 5.11. The number of rotatable bonds is 12. The van der Waals surface area contributed by atoms with Crippen LogP contribution in [0.2, 0.25) is 15.1 Å². The van der Waals surface area contributed by atoms with Crippen molar-refractivity contribution in [3.05, 3.63) is 136 Å². The summed E-state index contributed by atoms with van der Waals surface area (Å²) < 4.78 is 53.1. The predicted molar refractivity (Wildman–Crippen MR) is 238 cm³/mol. The minimum atomic E-state index is -0.527. The average Bonchev–Trinajstić information content (AvgIpc) is 4.22. The number of benzene rings is 3. The number of nitrogens with zero attached hydrogens (tertiary/aromatic N) is 6. The van der Waals surface area contributed by atoms with E-state index in [1.54, 1.807) is 39.0 Å². The molecule has 3 N–H and O–H groups in total. The first-order valence-corrected chi connectivity index (χ1v) is 23.4. The van der Waals surface area contributed by atoms with Gasteiger partial charge in [0.15, 0.2) is 0 Å². The molecule has 0 saturated heterocycles. The van der Waals surface area contributed by atoms with Gasteiger partial charge in [-0.05, 0) is 130 Å². The molecule has 21 heteroatoms. The van der Waals surface area contributed by atoms with Crippen LogP contribution in [0.3, 0.4) is 0 Å². The zero-order chi connectivity index (χ0) is 44.9. The Morgan fingerprint density at radius 2 is 0.762 bits per heavy atom. The summed E-state index contributed by atoms with van der Waals surface area (Å²) in [6.07, 6.45) is 6.25. The molecule has 3 fully saturated rings. The number of nitrogens with one attached hydrogen (secondary N) is 3. The predicted octanol–water partition coefficient (Wildman–Crippen LogP) is 11.1. The molecule has 0 aliphatic heterocycles. The first-order chi connectivity index (χ1) is 30.2. The maximum Gasteiger partial charge on any atom is 0.265 e. The maximum absolute atomic E-state index is 13.9. The monoisotopic (exact) mass is 975 g/mol. The topological polar surface area (TPSA) is 165 Å². The van der Waals surface area contributed by atoms with Gasteiger partial charge in [0.05, 0.1) is 35.2 Å². The molecular formula is C42H39Cl3F3N9O3S3. The Bertz CT molecular complexity index is 2280. The number of amides is 3. The Morgan fingerprint density at radius 1 is 0.508 bits per heavy atom. The van der Waals surface area contributed by atoms with Crippen molar-refractivity contribution >= 4 is 87.1 Å². The molecule has 0 spiro atoms. The van der Waals surface area contributed by atoms with Gasteiger partial charge in [0, 0.05) is 49.5 Å². The third-order valence-corrected chi connectivity index (χ3v) is 13.6. The van der Waals surface area contributed by atoms with Gasteiger partial charge in [-0.15, -0.1) is 15.3 Å². The van der Waals surface area contributed by atoms with Gasteiger partial charge in [0.25, 0.3) is 17.7 Å². The summed E-state index contributed by atoms with van der Waals surface area (Å²) >= 11 is 21.2. The van der Waals surface area contributed by atoms with E-state index < -0.39 is 35.6 Å². The molecular weight excluding hydrogens is 938 g/mol. The highest BCUT2D eigenvalue weighted by Crippen LogP contribution is 2.43. The van der Waals surface area contributed by atoms with E-state index in [-0.39, 0.29) is 34.4 Å². The van der Waals surface area contributed by atoms with E-state index in [0.717, 1.165) is 90.2 Å². The summed E-state index contributed by atoms with van der Waals surface area (Å²) in [5.74, 6) is -1.10. The molecule has 3 aliphatic carbocycles. The van der Waals surface area contributed by atoms with Crippen LogP contribution in [0.1, 0.15) is 158 Å². The van der Waals surface area contributed by atoms with Crippen LogP contribution in [-0.4, -0.2) is 46.5 Å². The molecule has 0 radical (unpaired) electrons. The molecule has 0 bridgehead atoms. The standard InChI is InChI=1S/3C14H13ClFN3OS/c3*1-7(11-9(15)3-2-4-10(11)16)17-14(20)13-12(8-5-6-8)18-19-21-13/h3*2-4,7-8H,5-6H2,1H3,(H,17,20)/t2*7-;/m10./s1. The van der Waals surface area contributed by atoms with Gasteiger partial charge in [-0.1, -0.05) is 66.5 Å². The fourth-order valence-electron chi connectivity index (χ4n) is 6.71. The molecule has 3 saturated carbocycles. The van der Waals surface area contributed by atoms with Crippen molar-refractivity contribution in [1.29, 1.82) is 0 Å². The fraction of sp³-hybridized carbons (Fsp3) is 0.357. The zero-order valence-corrected chi connectivity index (χ0v) is 38.5. The smallest absolute Gasteiger partial charge is 0.265 e. The maximum atomic E-state index is 13.9. The average molecular weight is 977 g/mol. The molecule has 12 nitrogen and oxygen atoms in total. The van der Waals surface area contributed by atoms with E-state index in [9.17, 15) is 27.6 Å². The molecule has 6 aromatic rings. The highest BCUT2D eigenvalue weighted by atomic mass is 35.5. The van der Waals surface area contributed by atoms with Crippen LogP contribution in [0, 0.1) is 17.5 Å². The van der Waals surface area contributed by atoms with Gasteiger partial charge in [0.1, 0.15) is 32.1 Å². The lowest BCUT2D eigenvalue weighted by molar-refractivity contribution is 0.0933. The largest absolute Gasteiger partial charge is 0.345 e. The molecule has 9 rings (SSSR count). The number of halogens is 6. The Balaban J connectivity index is 0.000000142. The molecule has 3 aromatic heterocycles. The van der Waals surface area contributed by atoms with Crippen molar-refractivity contribution < 1.29 is 27.6 Å². The summed E-state index contributed by atoms with van der Waals surface area (Å²) in [6, 6.07) is 11.8. The molecule has 330 valence electrons. The fourth-order valence-corrected chi connectivity index (χ4v) is 9.65. The van der Waals surface area contributed by atoms with Crippen LogP contribution in [-0.2, 0) is 0 Å². The lowest BCUT2D eigenvalue weighted by Crippen LogP contribution is -2.27. The first-order valence-electron chi connectivity index (χ1n) is 19.9. The van der Waals surface area contributed by atoms with Crippen LogP contribution in [0.5, 0.6) is 0 Å². The molecule has 3 atom stereocenters. The van der Waals surface area contributed by atoms with Crippen LogP contribution in [0.4, 0.5) is 13.2 Å². The number of hydrogen-bond donors (Lipinski definition) is 3. The zero-order valence-electron chi connectivity index (χ0n) is 33.8.